The molecule has 1 aliphatic heterocycles. The van der Waals surface area contributed by atoms with E-state index in [4.69, 9.17) is 8.83 Å². The quantitative estimate of drug-likeness (QED) is 0.325. The van der Waals surface area contributed by atoms with E-state index < -0.39 is 0 Å². The van der Waals surface area contributed by atoms with E-state index in [0.29, 0.717) is 11.3 Å². The molecule has 2 aromatic carbocycles. The lowest BCUT2D eigenvalue weighted by atomic mass is 10.1. The van der Waals surface area contributed by atoms with Gasteiger partial charge in [-0.2, -0.15) is 0 Å². The number of anilines is 1. The molecule has 6 nitrogen and oxygen atoms in total. The number of fused-ring (bicyclic) bond motifs is 2. The number of pyridine rings is 1. The molecular formula is C29H27N3O3. The summed E-state index contributed by atoms with van der Waals surface area (Å²) in [7, 11) is 0. The zero-order chi connectivity index (χ0) is 23.9. The minimum absolute atomic E-state index is 0.384. The molecule has 0 unspecified atom stereocenters. The van der Waals surface area contributed by atoms with Crippen LogP contribution in [-0.4, -0.2) is 36.1 Å². The van der Waals surface area contributed by atoms with Gasteiger partial charge >= 0.3 is 5.63 Å². The van der Waals surface area contributed by atoms with Crippen LogP contribution in [0.15, 0.2) is 80.5 Å². The Bertz CT molecular complexity index is 1580. The van der Waals surface area contributed by atoms with Gasteiger partial charge in [0.05, 0.1) is 5.69 Å². The predicted octanol–water partition coefficient (Wildman–Crippen LogP) is 5.54. The van der Waals surface area contributed by atoms with Crippen LogP contribution in [0.25, 0.3) is 33.3 Å². The first-order valence-corrected chi connectivity index (χ1v) is 12.0. The summed E-state index contributed by atoms with van der Waals surface area (Å²) < 4.78 is 11.8. The van der Waals surface area contributed by atoms with Crippen molar-refractivity contribution in [3.63, 3.8) is 0 Å². The minimum Gasteiger partial charge on any atom is -0.454 e. The van der Waals surface area contributed by atoms with Crippen LogP contribution in [0.2, 0.25) is 0 Å². The van der Waals surface area contributed by atoms with E-state index in [1.54, 1.807) is 0 Å². The number of hydrogen-bond acceptors (Lipinski definition) is 6. The summed E-state index contributed by atoms with van der Waals surface area (Å²) in [6.07, 6.45) is 1.96. The molecule has 1 saturated heterocycles. The molecule has 1 fully saturated rings. The van der Waals surface area contributed by atoms with Crippen molar-refractivity contribution in [3.05, 3.63) is 94.1 Å². The Kier molecular flexibility index (Phi) is 5.38. The fourth-order valence-corrected chi connectivity index (χ4v) is 4.98. The minimum atomic E-state index is -0.384. The van der Waals surface area contributed by atoms with E-state index in [2.05, 4.69) is 45.1 Å². The smallest absolute Gasteiger partial charge is 0.336 e. The van der Waals surface area contributed by atoms with Crippen LogP contribution in [0.5, 0.6) is 0 Å². The largest absolute Gasteiger partial charge is 0.454 e. The van der Waals surface area contributed by atoms with E-state index >= 15 is 0 Å². The highest BCUT2D eigenvalue weighted by Gasteiger charge is 2.21. The Morgan fingerprint density at radius 1 is 0.886 bits per heavy atom. The van der Waals surface area contributed by atoms with Crippen LogP contribution in [0.3, 0.4) is 0 Å². The summed E-state index contributed by atoms with van der Waals surface area (Å²) in [6.45, 7) is 8.70. The molecule has 35 heavy (non-hydrogen) atoms. The van der Waals surface area contributed by atoms with Crippen molar-refractivity contribution < 1.29 is 8.83 Å². The third-order valence-electron chi connectivity index (χ3n) is 6.87. The number of hydrogen-bond donors (Lipinski definition) is 0. The molecule has 0 radical (unpaired) electrons. The molecule has 0 bridgehead atoms. The van der Waals surface area contributed by atoms with Crippen molar-refractivity contribution in [2.24, 2.45) is 0 Å². The number of nitrogens with zero attached hydrogens (tertiary/aromatic N) is 3. The molecule has 0 spiro atoms. The summed E-state index contributed by atoms with van der Waals surface area (Å²) in [5.41, 5.74) is 5.99. The number of furan rings is 1. The van der Waals surface area contributed by atoms with Gasteiger partial charge in [-0.05, 0) is 49.2 Å². The van der Waals surface area contributed by atoms with E-state index in [1.807, 2.05) is 44.3 Å². The summed E-state index contributed by atoms with van der Waals surface area (Å²) in [5.74, 6) is 0.660. The first-order chi connectivity index (χ1) is 17.0. The molecule has 4 heterocycles. The second-order valence-electron chi connectivity index (χ2n) is 9.30. The Balaban J connectivity index is 1.32. The van der Waals surface area contributed by atoms with Crippen LogP contribution < -0.4 is 10.5 Å². The van der Waals surface area contributed by atoms with Crippen LogP contribution in [-0.2, 0) is 6.54 Å². The highest BCUT2D eigenvalue weighted by Crippen LogP contribution is 2.35. The van der Waals surface area contributed by atoms with Gasteiger partial charge in [-0.1, -0.05) is 30.3 Å². The third kappa shape index (κ3) is 4.10. The maximum absolute atomic E-state index is 12.3. The molecule has 0 N–H and O–H groups in total. The number of piperazine rings is 1. The second kappa shape index (κ2) is 8.71. The van der Waals surface area contributed by atoms with Gasteiger partial charge in [0.25, 0.3) is 0 Å². The maximum Gasteiger partial charge on any atom is 0.336 e. The van der Waals surface area contributed by atoms with E-state index in [0.717, 1.165) is 71.5 Å². The highest BCUT2D eigenvalue weighted by atomic mass is 16.4. The fraction of sp³-hybridized carbons (Fsp3) is 0.241. The number of benzene rings is 2. The molecular weight excluding hydrogens is 438 g/mol. The molecule has 6 heteroatoms. The SMILES string of the molecule is Cc1ccc2c(-c3cc4c(CN5CCN(c6ccccc6)CC5)cnc(C)c4o3)cc(=O)oc2c1. The standard InChI is InChI=1S/C29H27N3O3/c1-19-8-9-23-25(16-28(33)34-26(23)14-19)27-15-24-21(17-30-20(2)29(24)35-27)18-31-10-12-32(13-11-31)22-6-4-3-5-7-22/h3-9,14-17H,10-13,18H2,1-2H3. The van der Waals surface area contributed by atoms with Gasteiger partial charge in [0, 0.05) is 67.0 Å². The van der Waals surface area contributed by atoms with Crippen molar-refractivity contribution >= 4 is 27.6 Å². The number of aryl methyl sites for hydroxylation is 2. The van der Waals surface area contributed by atoms with Crippen molar-refractivity contribution in [1.82, 2.24) is 9.88 Å². The monoisotopic (exact) mass is 465 g/mol. The molecule has 5 aromatic rings. The Labute approximate surface area is 203 Å². The Hall–Kier alpha value is -3.90. The number of para-hydroxylation sites is 1. The van der Waals surface area contributed by atoms with E-state index in [1.165, 1.54) is 11.8 Å². The van der Waals surface area contributed by atoms with Gasteiger partial charge in [-0.25, -0.2) is 4.79 Å². The Morgan fingerprint density at radius 3 is 2.49 bits per heavy atom. The molecule has 1 aliphatic rings. The zero-order valence-corrected chi connectivity index (χ0v) is 20.0. The van der Waals surface area contributed by atoms with Crippen LogP contribution in [0.1, 0.15) is 16.8 Å². The molecule has 0 aliphatic carbocycles. The lowest BCUT2D eigenvalue weighted by molar-refractivity contribution is 0.250. The topological polar surface area (TPSA) is 62.7 Å². The summed E-state index contributed by atoms with van der Waals surface area (Å²) >= 11 is 0. The molecule has 0 atom stereocenters. The lowest BCUT2D eigenvalue weighted by Gasteiger charge is -2.36. The molecule has 3 aromatic heterocycles. The van der Waals surface area contributed by atoms with E-state index in [-0.39, 0.29) is 5.63 Å². The number of aromatic nitrogens is 1. The average molecular weight is 466 g/mol. The average Bonchev–Trinajstić information content (AvgIpc) is 3.33. The lowest BCUT2D eigenvalue weighted by Crippen LogP contribution is -2.46. The van der Waals surface area contributed by atoms with Gasteiger partial charge < -0.3 is 13.7 Å². The van der Waals surface area contributed by atoms with Gasteiger partial charge in [-0.15, -0.1) is 0 Å². The first-order valence-electron chi connectivity index (χ1n) is 12.0. The van der Waals surface area contributed by atoms with Crippen molar-refractivity contribution in [2.45, 2.75) is 20.4 Å². The number of rotatable bonds is 4. The van der Waals surface area contributed by atoms with Crippen molar-refractivity contribution in [2.75, 3.05) is 31.1 Å². The molecule has 0 amide bonds. The van der Waals surface area contributed by atoms with Crippen molar-refractivity contribution in [1.29, 1.82) is 0 Å². The first kappa shape index (κ1) is 21.6. The fourth-order valence-electron chi connectivity index (χ4n) is 4.98. The van der Waals surface area contributed by atoms with Crippen LogP contribution in [0, 0.1) is 13.8 Å². The second-order valence-corrected chi connectivity index (χ2v) is 9.30. The molecule has 176 valence electrons. The van der Waals surface area contributed by atoms with Crippen LogP contribution in [0.4, 0.5) is 5.69 Å². The van der Waals surface area contributed by atoms with Gasteiger partial charge in [-0.3, -0.25) is 9.88 Å². The normalized spacial score (nSPS) is 14.7. The predicted molar refractivity (Wildman–Crippen MR) is 139 cm³/mol. The summed E-state index contributed by atoms with van der Waals surface area (Å²) in [5, 5.41) is 1.91. The van der Waals surface area contributed by atoms with Gasteiger partial charge in [0.1, 0.15) is 11.3 Å². The summed E-state index contributed by atoms with van der Waals surface area (Å²) in [6, 6.07) is 20.0. The van der Waals surface area contributed by atoms with Crippen LogP contribution >= 0.6 is 0 Å². The Morgan fingerprint density at radius 2 is 1.69 bits per heavy atom. The van der Waals surface area contributed by atoms with Gasteiger partial charge in [0.2, 0.25) is 0 Å². The van der Waals surface area contributed by atoms with E-state index in [9.17, 15) is 4.79 Å². The van der Waals surface area contributed by atoms with Gasteiger partial charge in [0.15, 0.2) is 5.58 Å². The third-order valence-corrected chi connectivity index (χ3v) is 6.87. The molecule has 6 rings (SSSR count). The highest BCUT2D eigenvalue weighted by molar-refractivity contribution is 5.95. The maximum atomic E-state index is 12.3. The summed E-state index contributed by atoms with van der Waals surface area (Å²) in [4.78, 5) is 21.8. The van der Waals surface area contributed by atoms with Crippen molar-refractivity contribution in [3.8, 4) is 11.3 Å². The molecule has 0 saturated carbocycles. The zero-order valence-electron chi connectivity index (χ0n) is 20.0.